The van der Waals surface area contributed by atoms with Crippen molar-refractivity contribution < 1.29 is 13.6 Å². The van der Waals surface area contributed by atoms with Crippen LogP contribution in [0.5, 0.6) is 0 Å². The quantitative estimate of drug-likeness (QED) is 0.509. The van der Waals surface area contributed by atoms with E-state index in [4.69, 9.17) is 5.21 Å². The number of hydrogen-bond acceptors (Lipinski definition) is 8. The average molecular weight is 318 g/mol. The maximum absolute atomic E-state index is 12.0. The highest BCUT2D eigenvalue weighted by Crippen LogP contribution is 2.23. The Kier molecular flexibility index (Phi) is 3.83. The molecule has 0 fully saturated rings. The molecule has 0 atom stereocenters. The summed E-state index contributed by atoms with van der Waals surface area (Å²) in [5.41, 5.74) is 0.737. The van der Waals surface area contributed by atoms with Gasteiger partial charge in [0.25, 0.3) is 10.0 Å². The molecule has 102 valence electrons. The lowest BCUT2D eigenvalue weighted by Gasteiger charge is -2.00. The van der Waals surface area contributed by atoms with Crippen molar-refractivity contribution in [2.45, 2.75) is 18.1 Å². The number of rotatable bonds is 4. The topological polar surface area (TPSA) is 105 Å². The summed E-state index contributed by atoms with van der Waals surface area (Å²) in [5, 5.41) is 14.1. The highest BCUT2D eigenvalue weighted by molar-refractivity contribution is 7.94. The molecule has 0 amide bonds. The van der Waals surface area contributed by atoms with E-state index in [1.165, 1.54) is 6.20 Å². The number of nitrogens with one attached hydrogen (secondary N) is 1. The number of thiazole rings is 2. The zero-order valence-corrected chi connectivity index (χ0v) is 12.4. The Morgan fingerprint density at radius 2 is 2.26 bits per heavy atom. The second-order valence-corrected chi connectivity index (χ2v) is 7.53. The first-order valence-corrected chi connectivity index (χ1v) is 8.20. The predicted molar refractivity (Wildman–Crippen MR) is 73.8 cm³/mol. The fourth-order valence-corrected chi connectivity index (χ4v) is 4.28. The van der Waals surface area contributed by atoms with Gasteiger partial charge in [0.2, 0.25) is 0 Å². The van der Waals surface area contributed by atoms with Crippen LogP contribution in [-0.4, -0.2) is 29.3 Å². The Bertz CT molecular complexity index is 717. The van der Waals surface area contributed by atoms with Gasteiger partial charge in [0.1, 0.15) is 11.4 Å². The van der Waals surface area contributed by atoms with Gasteiger partial charge < -0.3 is 5.21 Å². The van der Waals surface area contributed by atoms with E-state index in [9.17, 15) is 8.42 Å². The first kappa shape index (κ1) is 13.9. The number of oxime groups is 1. The zero-order chi connectivity index (χ0) is 14.0. The molecule has 19 heavy (non-hydrogen) atoms. The number of nitrogens with zero attached hydrogens (tertiary/aromatic N) is 3. The maximum atomic E-state index is 12.0. The molecule has 0 bridgehead atoms. The minimum absolute atomic E-state index is 0.134. The lowest BCUT2D eigenvalue weighted by Crippen LogP contribution is -2.11. The highest BCUT2D eigenvalue weighted by atomic mass is 32.2. The maximum Gasteiger partial charge on any atom is 0.274 e. The van der Waals surface area contributed by atoms with E-state index in [0.717, 1.165) is 22.7 Å². The molecular formula is C9H10N4O3S3. The predicted octanol–water partition coefficient (Wildman–Crippen LogP) is 1.91. The van der Waals surface area contributed by atoms with Crippen LogP contribution in [0, 0.1) is 6.92 Å². The molecule has 2 aromatic rings. The van der Waals surface area contributed by atoms with Crippen LogP contribution in [0.15, 0.2) is 20.9 Å². The van der Waals surface area contributed by atoms with Crippen molar-refractivity contribution in [3.05, 3.63) is 22.3 Å². The van der Waals surface area contributed by atoms with Gasteiger partial charge in [-0.25, -0.2) is 18.4 Å². The summed E-state index contributed by atoms with van der Waals surface area (Å²) >= 11 is 2.20. The monoisotopic (exact) mass is 318 g/mol. The van der Waals surface area contributed by atoms with E-state index in [2.05, 4.69) is 19.8 Å². The van der Waals surface area contributed by atoms with Crippen molar-refractivity contribution in [3.8, 4) is 0 Å². The standard InChI is InChI=1S/C9H10N4O3S3/c1-5(12-14)7-4-17-9(11-7)13-19(15,16)8-3-10-6(2)18-8/h3-4,14H,1-2H3,(H,11,13). The lowest BCUT2D eigenvalue weighted by molar-refractivity contribution is 0.319. The van der Waals surface area contributed by atoms with Crippen LogP contribution in [-0.2, 0) is 10.0 Å². The number of aryl methyl sites for hydroxylation is 1. The van der Waals surface area contributed by atoms with Crippen molar-refractivity contribution >= 4 is 43.5 Å². The summed E-state index contributed by atoms with van der Waals surface area (Å²) in [7, 11) is -3.66. The van der Waals surface area contributed by atoms with Gasteiger partial charge in [-0.15, -0.1) is 22.7 Å². The summed E-state index contributed by atoms with van der Waals surface area (Å²) in [5.74, 6) is 0. The Hall–Kier alpha value is -1.52. The second kappa shape index (κ2) is 5.23. The van der Waals surface area contributed by atoms with Crippen molar-refractivity contribution in [2.24, 2.45) is 5.16 Å². The summed E-state index contributed by atoms with van der Waals surface area (Å²) in [6.07, 6.45) is 1.30. The largest absolute Gasteiger partial charge is 0.411 e. The van der Waals surface area contributed by atoms with Crippen LogP contribution in [0.4, 0.5) is 5.13 Å². The molecule has 2 heterocycles. The molecule has 0 saturated heterocycles. The zero-order valence-electron chi connectivity index (χ0n) is 9.98. The second-order valence-electron chi connectivity index (χ2n) is 3.53. The van der Waals surface area contributed by atoms with Crippen molar-refractivity contribution in [1.82, 2.24) is 9.97 Å². The SMILES string of the molecule is CC(=NO)c1csc(NS(=O)(=O)c2cnc(C)s2)n1. The van der Waals surface area contributed by atoms with Crippen molar-refractivity contribution in [1.29, 1.82) is 0 Å². The van der Waals surface area contributed by atoms with E-state index in [0.29, 0.717) is 16.4 Å². The summed E-state index contributed by atoms with van der Waals surface area (Å²) < 4.78 is 26.5. The van der Waals surface area contributed by atoms with Gasteiger partial charge in [0.15, 0.2) is 9.34 Å². The van der Waals surface area contributed by atoms with Crippen molar-refractivity contribution in [2.75, 3.05) is 4.72 Å². The van der Waals surface area contributed by atoms with Crippen LogP contribution >= 0.6 is 22.7 Å². The van der Waals surface area contributed by atoms with Gasteiger partial charge in [-0.1, -0.05) is 5.16 Å². The third kappa shape index (κ3) is 3.08. The normalized spacial score (nSPS) is 12.6. The molecule has 0 aromatic carbocycles. The summed E-state index contributed by atoms with van der Waals surface area (Å²) in [6.45, 7) is 3.30. The number of aromatic nitrogens is 2. The molecule has 0 unspecified atom stereocenters. The van der Waals surface area contributed by atoms with Gasteiger partial charge in [-0.3, -0.25) is 4.72 Å². The van der Waals surface area contributed by atoms with Gasteiger partial charge in [-0.2, -0.15) is 0 Å². The molecule has 0 radical (unpaired) electrons. The number of sulfonamides is 1. The molecule has 0 aliphatic rings. The van der Waals surface area contributed by atoms with Crippen LogP contribution in [0.1, 0.15) is 17.6 Å². The van der Waals surface area contributed by atoms with Crippen LogP contribution in [0.25, 0.3) is 0 Å². The molecule has 2 N–H and O–H groups in total. The molecule has 0 aliphatic carbocycles. The summed E-state index contributed by atoms with van der Waals surface area (Å²) in [4.78, 5) is 7.92. The fraction of sp³-hybridized carbons (Fsp3) is 0.222. The number of hydrogen-bond donors (Lipinski definition) is 2. The number of anilines is 1. The van der Waals surface area contributed by atoms with Crippen LogP contribution in [0.3, 0.4) is 0 Å². The fourth-order valence-electron chi connectivity index (χ4n) is 1.17. The first-order valence-electron chi connectivity index (χ1n) is 5.02. The smallest absolute Gasteiger partial charge is 0.274 e. The van der Waals surface area contributed by atoms with Gasteiger partial charge in [0, 0.05) is 5.38 Å². The lowest BCUT2D eigenvalue weighted by atomic mass is 10.3. The molecule has 0 spiro atoms. The molecule has 2 rings (SSSR count). The molecule has 2 aromatic heterocycles. The molecule has 0 aliphatic heterocycles. The van der Waals surface area contributed by atoms with Gasteiger partial charge >= 0.3 is 0 Å². The van der Waals surface area contributed by atoms with Crippen molar-refractivity contribution in [3.63, 3.8) is 0 Å². The average Bonchev–Trinajstić information content (AvgIpc) is 2.97. The minimum Gasteiger partial charge on any atom is -0.411 e. The minimum atomic E-state index is -3.66. The van der Waals surface area contributed by atoms with Crippen LogP contribution in [0.2, 0.25) is 0 Å². The van der Waals surface area contributed by atoms with E-state index in [-0.39, 0.29) is 9.34 Å². The van der Waals surface area contributed by atoms with E-state index in [1.54, 1.807) is 19.2 Å². The van der Waals surface area contributed by atoms with Gasteiger partial charge in [-0.05, 0) is 13.8 Å². The van der Waals surface area contributed by atoms with Gasteiger partial charge in [0.05, 0.1) is 11.2 Å². The Balaban J connectivity index is 2.24. The van der Waals surface area contributed by atoms with E-state index in [1.807, 2.05) is 0 Å². The molecule has 0 saturated carbocycles. The first-order chi connectivity index (χ1) is 8.92. The third-order valence-corrected chi connectivity index (χ3v) is 5.71. The summed E-state index contributed by atoms with van der Waals surface area (Å²) in [6, 6.07) is 0. The van der Waals surface area contributed by atoms with E-state index >= 15 is 0 Å². The van der Waals surface area contributed by atoms with E-state index < -0.39 is 10.0 Å². The highest BCUT2D eigenvalue weighted by Gasteiger charge is 2.19. The molecule has 7 nitrogen and oxygen atoms in total. The third-order valence-electron chi connectivity index (χ3n) is 2.11. The van der Waals surface area contributed by atoms with Crippen LogP contribution < -0.4 is 4.72 Å². The Labute approximate surface area is 117 Å². The Morgan fingerprint density at radius 1 is 1.53 bits per heavy atom. The Morgan fingerprint density at radius 3 is 2.84 bits per heavy atom. The molecular weight excluding hydrogens is 308 g/mol. The molecule has 10 heteroatoms.